The Morgan fingerprint density at radius 2 is 1.81 bits per heavy atom. The quantitative estimate of drug-likeness (QED) is 0.288. The molecule has 0 radical (unpaired) electrons. The Kier molecular flexibility index (Phi) is 5.31. The lowest BCUT2D eigenvalue weighted by Gasteiger charge is -2.24. The topological polar surface area (TPSA) is 44.1 Å². The maximum Gasteiger partial charge on any atom is 0.339 e. The molecule has 1 aliphatic carbocycles. The zero-order valence-electron chi connectivity index (χ0n) is 17.8. The Bertz CT molecular complexity index is 1310. The van der Waals surface area contributed by atoms with Crippen molar-refractivity contribution in [1.29, 1.82) is 0 Å². The third kappa shape index (κ3) is 3.41. The highest BCUT2D eigenvalue weighted by Gasteiger charge is 2.30. The molecule has 4 nitrogen and oxygen atoms in total. The molecule has 3 aromatic carbocycles. The van der Waals surface area contributed by atoms with Gasteiger partial charge in [-0.05, 0) is 66.1 Å². The monoisotopic (exact) mass is 444 g/mol. The SMILES string of the molecule is COC(=O)c1c(SC)cc(-c2ccc(F)cc2)c2c1-c1cn(-c3ccccc3)nc1CC2. The van der Waals surface area contributed by atoms with Crippen LogP contribution in [-0.4, -0.2) is 29.1 Å². The van der Waals surface area contributed by atoms with Crippen molar-refractivity contribution in [3.63, 3.8) is 0 Å². The predicted molar refractivity (Wildman–Crippen MR) is 125 cm³/mol. The summed E-state index contributed by atoms with van der Waals surface area (Å²) in [5, 5.41) is 4.82. The predicted octanol–water partition coefficient (Wildman–Crippen LogP) is 5.95. The number of para-hydroxylation sites is 1. The summed E-state index contributed by atoms with van der Waals surface area (Å²) in [4.78, 5) is 13.8. The maximum atomic E-state index is 13.6. The van der Waals surface area contributed by atoms with E-state index in [0.29, 0.717) is 5.56 Å². The fourth-order valence-corrected chi connectivity index (χ4v) is 4.99. The first-order valence-electron chi connectivity index (χ1n) is 10.3. The van der Waals surface area contributed by atoms with E-state index < -0.39 is 0 Å². The van der Waals surface area contributed by atoms with Crippen molar-refractivity contribution in [2.45, 2.75) is 17.7 Å². The van der Waals surface area contributed by atoms with Crippen molar-refractivity contribution in [1.82, 2.24) is 9.78 Å². The first-order valence-corrected chi connectivity index (χ1v) is 11.6. The molecule has 0 atom stereocenters. The van der Waals surface area contributed by atoms with Crippen LogP contribution >= 0.6 is 11.8 Å². The molecule has 1 heterocycles. The summed E-state index contributed by atoms with van der Waals surface area (Å²) < 4.78 is 20.6. The second kappa shape index (κ2) is 8.28. The Hall–Kier alpha value is -3.38. The molecule has 6 heteroatoms. The van der Waals surface area contributed by atoms with Crippen LogP contribution in [0.4, 0.5) is 4.39 Å². The van der Waals surface area contributed by atoms with Crippen LogP contribution < -0.4 is 0 Å². The summed E-state index contributed by atoms with van der Waals surface area (Å²) in [6.45, 7) is 0. The maximum absolute atomic E-state index is 13.6. The number of nitrogens with zero attached hydrogens (tertiary/aromatic N) is 2. The number of carbonyl (C=O) groups is 1. The molecule has 0 saturated heterocycles. The van der Waals surface area contributed by atoms with Crippen LogP contribution in [0.3, 0.4) is 0 Å². The van der Waals surface area contributed by atoms with E-state index in [1.165, 1.54) is 31.0 Å². The molecule has 0 N–H and O–H groups in total. The summed E-state index contributed by atoms with van der Waals surface area (Å²) in [6, 6.07) is 18.5. The number of ether oxygens (including phenoxy) is 1. The van der Waals surface area contributed by atoms with Crippen LogP contribution in [-0.2, 0) is 17.6 Å². The van der Waals surface area contributed by atoms with E-state index in [2.05, 4.69) is 0 Å². The van der Waals surface area contributed by atoms with Crippen LogP contribution in [0.25, 0.3) is 27.9 Å². The number of thioether (sulfide) groups is 1. The van der Waals surface area contributed by atoms with E-state index in [0.717, 1.165) is 56.9 Å². The van der Waals surface area contributed by atoms with Gasteiger partial charge in [-0.3, -0.25) is 0 Å². The molecule has 0 aliphatic heterocycles. The van der Waals surface area contributed by atoms with Gasteiger partial charge in [-0.1, -0.05) is 30.3 Å². The van der Waals surface area contributed by atoms with Crippen molar-refractivity contribution in [2.24, 2.45) is 0 Å². The fraction of sp³-hybridized carbons (Fsp3) is 0.154. The van der Waals surface area contributed by atoms with Crippen LogP contribution in [0.5, 0.6) is 0 Å². The third-order valence-corrected chi connectivity index (χ3v) is 6.62. The van der Waals surface area contributed by atoms with Gasteiger partial charge in [0.2, 0.25) is 0 Å². The highest BCUT2D eigenvalue weighted by Crippen LogP contribution is 2.45. The molecule has 5 rings (SSSR count). The number of aryl methyl sites for hydroxylation is 1. The molecule has 0 amide bonds. The summed E-state index contributed by atoms with van der Waals surface area (Å²) in [5.74, 6) is -0.637. The molecule has 32 heavy (non-hydrogen) atoms. The summed E-state index contributed by atoms with van der Waals surface area (Å²) in [6.07, 6.45) is 5.43. The molecule has 0 bridgehead atoms. The molecule has 0 fully saturated rings. The Morgan fingerprint density at radius 3 is 2.50 bits per heavy atom. The second-order valence-electron chi connectivity index (χ2n) is 7.62. The number of esters is 1. The van der Waals surface area contributed by atoms with Gasteiger partial charge in [0.05, 0.1) is 24.1 Å². The van der Waals surface area contributed by atoms with E-state index in [4.69, 9.17) is 9.84 Å². The lowest BCUT2D eigenvalue weighted by molar-refractivity contribution is 0.0597. The zero-order chi connectivity index (χ0) is 22.2. The number of carbonyl (C=O) groups excluding carboxylic acids is 1. The lowest BCUT2D eigenvalue weighted by Crippen LogP contribution is -2.13. The summed E-state index contributed by atoms with van der Waals surface area (Å²) >= 11 is 1.50. The normalized spacial score (nSPS) is 12.2. The van der Waals surface area contributed by atoms with E-state index in [9.17, 15) is 9.18 Å². The van der Waals surface area contributed by atoms with Crippen LogP contribution in [0.15, 0.2) is 71.8 Å². The minimum Gasteiger partial charge on any atom is -0.465 e. The van der Waals surface area contributed by atoms with Crippen molar-refractivity contribution in [3.8, 4) is 27.9 Å². The zero-order valence-corrected chi connectivity index (χ0v) is 18.6. The minimum absolute atomic E-state index is 0.273. The van der Waals surface area contributed by atoms with Crippen molar-refractivity contribution in [2.75, 3.05) is 13.4 Å². The fourth-order valence-electron chi connectivity index (χ4n) is 4.37. The average Bonchev–Trinajstić information content (AvgIpc) is 3.28. The summed E-state index contributed by atoms with van der Waals surface area (Å²) in [5.41, 5.74) is 7.28. The number of halogens is 1. The number of rotatable bonds is 4. The van der Waals surface area contributed by atoms with Crippen LogP contribution in [0.1, 0.15) is 21.6 Å². The van der Waals surface area contributed by atoms with Gasteiger partial charge in [0.1, 0.15) is 5.82 Å². The molecule has 1 aromatic heterocycles. The Labute approximate surface area is 190 Å². The largest absolute Gasteiger partial charge is 0.465 e. The van der Waals surface area contributed by atoms with E-state index in [-0.39, 0.29) is 11.8 Å². The Morgan fingerprint density at radius 1 is 1.06 bits per heavy atom. The lowest BCUT2D eigenvalue weighted by atomic mass is 9.82. The van der Waals surface area contributed by atoms with Gasteiger partial charge in [-0.15, -0.1) is 11.8 Å². The van der Waals surface area contributed by atoms with E-state index in [1.54, 1.807) is 12.1 Å². The molecular formula is C26H21FN2O2S. The first-order chi connectivity index (χ1) is 15.6. The number of benzene rings is 3. The molecule has 0 saturated carbocycles. The second-order valence-corrected chi connectivity index (χ2v) is 8.47. The van der Waals surface area contributed by atoms with Gasteiger partial charge < -0.3 is 4.74 Å². The number of hydrogen-bond acceptors (Lipinski definition) is 4. The average molecular weight is 445 g/mol. The molecule has 4 aromatic rings. The third-order valence-electron chi connectivity index (χ3n) is 5.86. The highest BCUT2D eigenvalue weighted by atomic mass is 32.2. The number of hydrogen-bond donors (Lipinski definition) is 0. The Balaban J connectivity index is 1.80. The van der Waals surface area contributed by atoms with Gasteiger partial charge in [-0.2, -0.15) is 5.10 Å². The standard InChI is InChI=1S/C26H21FN2O2S/c1-31-26(30)25-23(32-2)14-20(16-8-10-17(27)11-9-16)19-12-13-22-21(24(19)25)15-29(28-22)18-6-4-3-5-7-18/h3-11,14-15H,12-13H2,1-2H3. The van der Waals surface area contributed by atoms with Crippen molar-refractivity contribution in [3.05, 3.63) is 89.5 Å². The number of aromatic nitrogens is 2. The molecule has 1 aliphatic rings. The van der Waals surface area contributed by atoms with Crippen molar-refractivity contribution >= 4 is 17.7 Å². The van der Waals surface area contributed by atoms with Crippen molar-refractivity contribution < 1.29 is 13.9 Å². The molecule has 0 unspecified atom stereocenters. The van der Waals surface area contributed by atoms with E-state index in [1.807, 2.05) is 53.5 Å². The number of fused-ring (bicyclic) bond motifs is 3. The van der Waals surface area contributed by atoms with Crippen LogP contribution in [0.2, 0.25) is 0 Å². The van der Waals surface area contributed by atoms with Gasteiger partial charge >= 0.3 is 5.97 Å². The van der Waals surface area contributed by atoms with Gasteiger partial charge in [-0.25, -0.2) is 13.9 Å². The summed E-state index contributed by atoms with van der Waals surface area (Å²) in [7, 11) is 1.41. The van der Waals surface area contributed by atoms with Crippen LogP contribution in [0, 0.1) is 5.82 Å². The highest BCUT2D eigenvalue weighted by molar-refractivity contribution is 7.98. The van der Waals surface area contributed by atoms with Gasteiger partial charge in [0.25, 0.3) is 0 Å². The van der Waals surface area contributed by atoms with Gasteiger partial charge in [0.15, 0.2) is 0 Å². The molecular weight excluding hydrogens is 423 g/mol. The number of methoxy groups -OCH3 is 1. The first kappa shape index (κ1) is 20.5. The van der Waals surface area contributed by atoms with Gasteiger partial charge in [0, 0.05) is 22.2 Å². The smallest absolute Gasteiger partial charge is 0.339 e. The molecule has 0 spiro atoms. The minimum atomic E-state index is -0.364. The molecule has 160 valence electrons. The van der Waals surface area contributed by atoms with E-state index >= 15 is 0 Å².